The van der Waals surface area contributed by atoms with Crippen molar-refractivity contribution < 1.29 is 4.79 Å². The molecular weight excluding hydrogens is 493 g/mol. The summed E-state index contributed by atoms with van der Waals surface area (Å²) < 4.78 is 1.69. The van der Waals surface area contributed by atoms with Gasteiger partial charge >= 0.3 is 0 Å². The van der Waals surface area contributed by atoms with Gasteiger partial charge in [0.1, 0.15) is 0 Å². The van der Waals surface area contributed by atoms with Gasteiger partial charge in [0.15, 0.2) is 5.96 Å². The van der Waals surface area contributed by atoms with Crippen molar-refractivity contribution in [2.45, 2.75) is 38.9 Å². The summed E-state index contributed by atoms with van der Waals surface area (Å²) in [6, 6.07) is 13.6. The fourth-order valence-corrected chi connectivity index (χ4v) is 3.45. The lowest BCUT2D eigenvalue weighted by atomic mass is 10.1. The molecule has 1 atom stereocenters. The van der Waals surface area contributed by atoms with Crippen LogP contribution in [0.25, 0.3) is 0 Å². The molecule has 7 nitrogen and oxygen atoms in total. The molecule has 162 valence electrons. The quantitative estimate of drug-likeness (QED) is 0.346. The molecule has 3 rings (SSSR count). The van der Waals surface area contributed by atoms with Crippen LogP contribution in [0.15, 0.2) is 58.4 Å². The molecule has 0 saturated carbocycles. The van der Waals surface area contributed by atoms with Crippen molar-refractivity contribution in [1.82, 2.24) is 20.1 Å². The van der Waals surface area contributed by atoms with Gasteiger partial charge in [-0.2, -0.15) is 0 Å². The number of guanidine groups is 1. The summed E-state index contributed by atoms with van der Waals surface area (Å²) in [6.45, 7) is 4.63. The average molecular weight is 523 g/mol. The lowest BCUT2D eigenvalue weighted by Gasteiger charge is -2.18. The lowest BCUT2D eigenvalue weighted by Crippen LogP contribution is -2.44. The van der Waals surface area contributed by atoms with Crippen LogP contribution >= 0.6 is 24.0 Å². The van der Waals surface area contributed by atoms with Crippen molar-refractivity contribution in [3.63, 3.8) is 0 Å². The second-order valence-electron chi connectivity index (χ2n) is 7.23. The highest BCUT2D eigenvalue weighted by molar-refractivity contribution is 14.0. The average Bonchev–Trinajstić information content (AvgIpc) is 3.21. The van der Waals surface area contributed by atoms with E-state index in [1.54, 1.807) is 29.9 Å². The van der Waals surface area contributed by atoms with Gasteiger partial charge in [-0.1, -0.05) is 37.3 Å². The zero-order chi connectivity index (χ0) is 20.6. The van der Waals surface area contributed by atoms with E-state index >= 15 is 0 Å². The molecule has 0 spiro atoms. The number of likely N-dealkylation sites (tertiary alicyclic amines) is 1. The van der Waals surface area contributed by atoms with Crippen LogP contribution in [0.5, 0.6) is 0 Å². The monoisotopic (exact) mass is 523 g/mol. The van der Waals surface area contributed by atoms with E-state index < -0.39 is 0 Å². The van der Waals surface area contributed by atoms with Gasteiger partial charge in [0.2, 0.25) is 5.91 Å². The number of nitrogens with zero attached hydrogens (tertiary/aromatic N) is 3. The summed E-state index contributed by atoms with van der Waals surface area (Å²) in [5.41, 5.74) is 2.21. The molecule has 0 aliphatic carbocycles. The minimum Gasteiger partial charge on any atom is -0.352 e. The number of benzene rings is 1. The SMILES string of the molecule is CCC(=O)N1CCC(NC(=NC)NCc2ccc(Cn3ccccc3=O)cc2)C1.I. The molecule has 0 bridgehead atoms. The van der Waals surface area contributed by atoms with E-state index in [1.165, 1.54) is 0 Å². The van der Waals surface area contributed by atoms with E-state index in [4.69, 9.17) is 0 Å². The summed E-state index contributed by atoms with van der Waals surface area (Å²) in [5, 5.41) is 6.73. The summed E-state index contributed by atoms with van der Waals surface area (Å²) in [4.78, 5) is 29.8. The Bertz CT molecular complexity index is 910. The second-order valence-corrected chi connectivity index (χ2v) is 7.23. The summed E-state index contributed by atoms with van der Waals surface area (Å²) in [6.07, 6.45) is 3.28. The Morgan fingerprint density at radius 2 is 1.90 bits per heavy atom. The Balaban J connectivity index is 0.00000320. The fraction of sp³-hybridized carbons (Fsp3) is 0.409. The molecule has 1 aliphatic rings. The largest absolute Gasteiger partial charge is 0.352 e. The van der Waals surface area contributed by atoms with E-state index in [2.05, 4.69) is 27.8 Å². The molecule has 2 N–H and O–H groups in total. The van der Waals surface area contributed by atoms with Crippen LogP contribution in [-0.4, -0.2) is 47.5 Å². The van der Waals surface area contributed by atoms with Crippen LogP contribution in [0.3, 0.4) is 0 Å². The van der Waals surface area contributed by atoms with E-state index in [9.17, 15) is 9.59 Å². The first-order valence-electron chi connectivity index (χ1n) is 10.1. The highest BCUT2D eigenvalue weighted by Gasteiger charge is 2.25. The number of amides is 1. The smallest absolute Gasteiger partial charge is 0.250 e. The number of carbonyl (C=O) groups is 1. The molecular formula is C22H30IN5O2. The van der Waals surface area contributed by atoms with Crippen LogP contribution in [0, 0.1) is 0 Å². The Kier molecular flexibility index (Phi) is 9.35. The Morgan fingerprint density at radius 1 is 1.17 bits per heavy atom. The molecule has 8 heteroatoms. The highest BCUT2D eigenvalue weighted by atomic mass is 127. The van der Waals surface area contributed by atoms with Gasteiger partial charge in [-0.3, -0.25) is 14.6 Å². The molecule has 0 radical (unpaired) electrons. The Morgan fingerprint density at radius 3 is 2.57 bits per heavy atom. The van der Waals surface area contributed by atoms with Crippen molar-refractivity contribution in [1.29, 1.82) is 0 Å². The lowest BCUT2D eigenvalue weighted by molar-refractivity contribution is -0.129. The maximum absolute atomic E-state index is 11.8. The third kappa shape index (κ3) is 6.58. The van der Waals surface area contributed by atoms with Crippen LogP contribution in [-0.2, 0) is 17.9 Å². The topological polar surface area (TPSA) is 78.7 Å². The third-order valence-electron chi connectivity index (χ3n) is 5.14. The van der Waals surface area contributed by atoms with Gasteiger partial charge in [0, 0.05) is 51.4 Å². The minimum atomic E-state index is -0.000711. The molecule has 2 heterocycles. The van der Waals surface area contributed by atoms with Gasteiger partial charge in [-0.15, -0.1) is 24.0 Å². The maximum atomic E-state index is 11.8. The molecule has 1 saturated heterocycles. The van der Waals surface area contributed by atoms with Crippen LogP contribution < -0.4 is 16.2 Å². The highest BCUT2D eigenvalue weighted by Crippen LogP contribution is 2.10. The van der Waals surface area contributed by atoms with Crippen molar-refractivity contribution in [2.75, 3.05) is 20.1 Å². The van der Waals surface area contributed by atoms with Gasteiger partial charge < -0.3 is 20.1 Å². The van der Waals surface area contributed by atoms with E-state index in [0.717, 1.165) is 36.6 Å². The van der Waals surface area contributed by atoms with Crippen molar-refractivity contribution in [3.05, 3.63) is 70.1 Å². The zero-order valence-corrected chi connectivity index (χ0v) is 19.8. The first kappa shape index (κ1) is 23.9. The summed E-state index contributed by atoms with van der Waals surface area (Å²) >= 11 is 0. The number of aliphatic imine (C=N–C) groups is 1. The van der Waals surface area contributed by atoms with E-state index in [0.29, 0.717) is 19.5 Å². The fourth-order valence-electron chi connectivity index (χ4n) is 3.45. The number of halogens is 1. The number of nitrogens with one attached hydrogen (secondary N) is 2. The van der Waals surface area contributed by atoms with Crippen LogP contribution in [0.1, 0.15) is 30.9 Å². The van der Waals surface area contributed by atoms with E-state index in [-0.39, 0.29) is 41.5 Å². The number of rotatable bonds is 6. The van der Waals surface area contributed by atoms with Crippen LogP contribution in [0.2, 0.25) is 0 Å². The number of pyridine rings is 1. The van der Waals surface area contributed by atoms with Crippen molar-refractivity contribution in [3.8, 4) is 0 Å². The second kappa shape index (κ2) is 11.7. The Hall–Kier alpha value is -2.36. The summed E-state index contributed by atoms with van der Waals surface area (Å²) in [5.74, 6) is 0.941. The zero-order valence-electron chi connectivity index (χ0n) is 17.5. The molecule has 1 aromatic carbocycles. The maximum Gasteiger partial charge on any atom is 0.250 e. The van der Waals surface area contributed by atoms with E-state index in [1.807, 2.05) is 30.0 Å². The summed E-state index contributed by atoms with van der Waals surface area (Å²) in [7, 11) is 1.75. The van der Waals surface area contributed by atoms with Crippen LogP contribution in [0.4, 0.5) is 0 Å². The van der Waals surface area contributed by atoms with Crippen molar-refractivity contribution in [2.24, 2.45) is 4.99 Å². The van der Waals surface area contributed by atoms with Gasteiger partial charge in [0.25, 0.3) is 5.56 Å². The normalized spacial score (nSPS) is 16.1. The van der Waals surface area contributed by atoms with Gasteiger partial charge in [-0.05, 0) is 23.6 Å². The number of carbonyl (C=O) groups excluding carboxylic acids is 1. The number of hydrogen-bond donors (Lipinski definition) is 2. The Labute approximate surface area is 194 Å². The molecule has 1 amide bonds. The predicted octanol–water partition coefficient (Wildman–Crippen LogP) is 2.19. The molecule has 2 aromatic rings. The number of hydrogen-bond acceptors (Lipinski definition) is 3. The van der Waals surface area contributed by atoms with Gasteiger partial charge in [0.05, 0.1) is 6.54 Å². The first-order chi connectivity index (χ1) is 14.1. The molecule has 1 aromatic heterocycles. The number of aromatic nitrogens is 1. The molecule has 1 unspecified atom stereocenters. The predicted molar refractivity (Wildman–Crippen MR) is 130 cm³/mol. The molecule has 1 aliphatic heterocycles. The molecule has 30 heavy (non-hydrogen) atoms. The third-order valence-corrected chi connectivity index (χ3v) is 5.14. The first-order valence-corrected chi connectivity index (χ1v) is 10.1. The van der Waals surface area contributed by atoms with Crippen molar-refractivity contribution >= 4 is 35.8 Å². The minimum absolute atomic E-state index is 0. The molecule has 1 fully saturated rings. The van der Waals surface area contributed by atoms with Gasteiger partial charge in [-0.25, -0.2) is 0 Å². The standard InChI is InChI=1S/C22H29N5O2.HI/c1-3-20(28)27-13-11-19(16-27)25-22(23-2)24-14-17-7-9-18(10-8-17)15-26-12-5-4-6-21(26)29;/h4-10,12,19H,3,11,13-16H2,1-2H3,(H2,23,24,25);1H.